The van der Waals surface area contributed by atoms with Gasteiger partial charge in [-0.25, -0.2) is 0 Å². The summed E-state index contributed by atoms with van der Waals surface area (Å²) in [5.41, 5.74) is 3.11. The van der Waals surface area contributed by atoms with Crippen molar-refractivity contribution in [3.63, 3.8) is 0 Å². The van der Waals surface area contributed by atoms with Crippen LogP contribution in [-0.2, 0) is 47.9 Å². The lowest BCUT2D eigenvalue weighted by molar-refractivity contribution is -0.138. The van der Waals surface area contributed by atoms with Crippen LogP contribution in [0.3, 0.4) is 0 Å². The summed E-state index contributed by atoms with van der Waals surface area (Å²) in [5.74, 6) is 0.959. The zero-order valence-corrected chi connectivity index (χ0v) is 46.3. The normalized spacial score (nSPS) is 14.9. The van der Waals surface area contributed by atoms with Gasteiger partial charge < -0.3 is 19.7 Å². The number of ether oxygens (including phenoxy) is 2. The van der Waals surface area contributed by atoms with E-state index in [1.54, 1.807) is 60.7 Å². The van der Waals surface area contributed by atoms with Crippen LogP contribution in [0.4, 0.5) is 26.3 Å². The van der Waals surface area contributed by atoms with E-state index in [9.17, 15) is 35.9 Å². The standard InChI is InChI=1S/2C32H35ClF3NO3/c2*33-31-26(14-7-16-29(31)32(34,35)36)21-37(17-8-18-40-27-15-6-9-23(19-27)20-30(38)39)22-28(25-12-4-5-13-25)24-10-2-1-3-11-24/h2*1-3,6-7,9-11,14-16,19,25,28H,4-5,8,12-13,17-18,20-22H2,(H,38,39)/t2*28-/m11/s1. The van der Waals surface area contributed by atoms with Gasteiger partial charge in [0.25, 0.3) is 0 Å². The van der Waals surface area contributed by atoms with Crippen molar-refractivity contribution in [1.29, 1.82) is 0 Å². The van der Waals surface area contributed by atoms with Crippen molar-refractivity contribution in [2.24, 2.45) is 11.8 Å². The lowest BCUT2D eigenvalue weighted by atomic mass is 9.84. The Hall–Kier alpha value is -6.06. The maximum absolute atomic E-state index is 13.6. The summed E-state index contributed by atoms with van der Waals surface area (Å²) in [6, 6.07) is 43.0. The zero-order chi connectivity index (χ0) is 57.1. The van der Waals surface area contributed by atoms with E-state index in [2.05, 4.69) is 34.1 Å². The molecule has 0 aromatic heterocycles. The molecule has 2 aliphatic carbocycles. The average Bonchev–Trinajstić information content (AvgIpc) is 4.17. The highest BCUT2D eigenvalue weighted by Gasteiger charge is 2.36. The average molecular weight is 1150 g/mol. The molecule has 0 unspecified atom stereocenters. The Balaban J connectivity index is 0.000000231. The number of carbonyl (C=O) groups is 2. The third kappa shape index (κ3) is 19.0. The van der Waals surface area contributed by atoms with Gasteiger partial charge in [0, 0.05) is 39.3 Å². The quantitative estimate of drug-likeness (QED) is 0.0409. The van der Waals surface area contributed by atoms with Gasteiger partial charge in [0.2, 0.25) is 0 Å². The van der Waals surface area contributed by atoms with Gasteiger partial charge in [-0.05, 0) is 132 Å². The van der Waals surface area contributed by atoms with Gasteiger partial charge in [0.15, 0.2) is 0 Å². The Morgan fingerprint density at radius 2 is 0.875 bits per heavy atom. The van der Waals surface area contributed by atoms with Crippen LogP contribution >= 0.6 is 23.2 Å². The van der Waals surface area contributed by atoms with Crippen molar-refractivity contribution >= 4 is 35.1 Å². The molecule has 2 saturated carbocycles. The van der Waals surface area contributed by atoms with Crippen LogP contribution in [0.15, 0.2) is 146 Å². The molecule has 6 aromatic carbocycles. The van der Waals surface area contributed by atoms with Crippen molar-refractivity contribution in [2.75, 3.05) is 39.4 Å². The number of hydrogen-bond acceptors (Lipinski definition) is 6. The lowest BCUT2D eigenvalue weighted by Gasteiger charge is -2.32. The molecule has 8 nitrogen and oxygen atoms in total. The molecule has 2 fully saturated rings. The first-order valence-corrected chi connectivity index (χ1v) is 28.3. The topological polar surface area (TPSA) is 99.5 Å². The van der Waals surface area contributed by atoms with Gasteiger partial charge in [-0.2, -0.15) is 26.3 Å². The molecule has 0 heterocycles. The van der Waals surface area contributed by atoms with Crippen molar-refractivity contribution in [3.8, 4) is 11.5 Å². The van der Waals surface area contributed by atoms with Crippen molar-refractivity contribution < 1.29 is 55.6 Å². The van der Waals surface area contributed by atoms with E-state index in [4.69, 9.17) is 42.9 Å². The molecule has 6 aromatic rings. The highest BCUT2D eigenvalue weighted by Crippen LogP contribution is 2.42. The summed E-state index contributed by atoms with van der Waals surface area (Å²) in [6.45, 7) is 4.00. The monoisotopic (exact) mass is 1150 g/mol. The number of rotatable bonds is 26. The highest BCUT2D eigenvalue weighted by atomic mass is 35.5. The Labute approximate surface area is 475 Å². The van der Waals surface area contributed by atoms with E-state index in [1.165, 1.54) is 48.9 Å². The van der Waals surface area contributed by atoms with E-state index in [1.807, 2.05) is 36.4 Å². The van der Waals surface area contributed by atoms with Gasteiger partial charge >= 0.3 is 24.3 Å². The van der Waals surface area contributed by atoms with Crippen molar-refractivity contribution in [1.82, 2.24) is 9.80 Å². The molecule has 0 radical (unpaired) electrons. The second kappa shape index (κ2) is 30.1. The van der Waals surface area contributed by atoms with Crippen molar-refractivity contribution in [2.45, 2.75) is 114 Å². The molecule has 428 valence electrons. The minimum Gasteiger partial charge on any atom is -0.494 e. The molecule has 8 rings (SSSR count). The molecule has 0 amide bonds. The van der Waals surface area contributed by atoms with Gasteiger partial charge in [-0.3, -0.25) is 19.4 Å². The Morgan fingerprint density at radius 1 is 0.512 bits per heavy atom. The second-order valence-electron chi connectivity index (χ2n) is 21.0. The summed E-state index contributed by atoms with van der Waals surface area (Å²) < 4.78 is 93.2. The van der Waals surface area contributed by atoms with E-state index in [0.717, 1.165) is 37.8 Å². The first-order valence-electron chi connectivity index (χ1n) is 27.5. The molecule has 0 saturated heterocycles. The van der Waals surface area contributed by atoms with E-state index in [-0.39, 0.29) is 34.7 Å². The third-order valence-electron chi connectivity index (χ3n) is 15.1. The van der Waals surface area contributed by atoms with Crippen LogP contribution in [-0.4, -0.2) is 71.3 Å². The van der Waals surface area contributed by atoms with E-state index >= 15 is 0 Å². The van der Waals surface area contributed by atoms with Gasteiger partial charge in [-0.1, -0.05) is 158 Å². The first kappa shape index (κ1) is 61.6. The smallest absolute Gasteiger partial charge is 0.417 e. The van der Waals surface area contributed by atoms with Crippen molar-refractivity contribution in [3.05, 3.63) is 200 Å². The molecular formula is C64H70Cl2F6N2O6. The molecule has 16 heteroatoms. The number of hydrogen-bond donors (Lipinski definition) is 2. The fourth-order valence-electron chi connectivity index (χ4n) is 11.3. The molecule has 80 heavy (non-hydrogen) atoms. The molecule has 2 aliphatic rings. The van der Waals surface area contributed by atoms with Gasteiger partial charge in [-0.15, -0.1) is 0 Å². The largest absolute Gasteiger partial charge is 0.494 e. The molecule has 2 N–H and O–H groups in total. The fourth-order valence-corrected chi connectivity index (χ4v) is 11.9. The lowest BCUT2D eigenvalue weighted by Crippen LogP contribution is -2.33. The molecule has 0 aliphatic heterocycles. The minimum absolute atomic E-state index is 0.0786. The third-order valence-corrected chi connectivity index (χ3v) is 16.0. The van der Waals surface area contributed by atoms with Gasteiger partial charge in [0.1, 0.15) is 11.5 Å². The molecular weight excluding hydrogens is 1080 g/mol. The summed E-state index contributed by atoms with van der Waals surface area (Å²) in [4.78, 5) is 26.5. The highest BCUT2D eigenvalue weighted by molar-refractivity contribution is 6.32. The Bertz CT molecular complexity index is 2690. The van der Waals surface area contributed by atoms with E-state index in [0.29, 0.717) is 111 Å². The van der Waals surface area contributed by atoms with Crippen LogP contribution in [0.1, 0.15) is 121 Å². The predicted molar refractivity (Wildman–Crippen MR) is 302 cm³/mol. The second-order valence-corrected chi connectivity index (χ2v) is 21.7. The van der Waals surface area contributed by atoms with Crippen LogP contribution in [0.25, 0.3) is 0 Å². The number of aliphatic carboxylic acids is 2. The fraction of sp³-hybridized carbons (Fsp3) is 0.406. The van der Waals surface area contributed by atoms with Crippen LogP contribution in [0, 0.1) is 11.8 Å². The van der Waals surface area contributed by atoms with Gasteiger partial charge in [0.05, 0.1) is 47.2 Å². The predicted octanol–water partition coefficient (Wildman–Crippen LogP) is 16.5. The molecule has 0 bridgehead atoms. The summed E-state index contributed by atoms with van der Waals surface area (Å²) >= 11 is 12.6. The number of carboxylic acid groups (broad SMARTS) is 2. The number of alkyl halides is 6. The van der Waals surface area contributed by atoms with Crippen LogP contribution in [0.5, 0.6) is 11.5 Å². The molecule has 0 spiro atoms. The maximum Gasteiger partial charge on any atom is 0.417 e. The summed E-state index contributed by atoms with van der Waals surface area (Å²) in [7, 11) is 0. The van der Waals surface area contributed by atoms with E-state index < -0.39 is 35.4 Å². The summed E-state index contributed by atoms with van der Waals surface area (Å²) in [6.07, 6.45) is 1.47. The minimum atomic E-state index is -4.52. The number of carboxylic acids is 2. The Kier molecular flexibility index (Phi) is 23.2. The summed E-state index contributed by atoms with van der Waals surface area (Å²) in [5, 5.41) is 17.6. The zero-order valence-electron chi connectivity index (χ0n) is 44.8. The number of benzene rings is 6. The SMILES string of the molecule is O=C(O)Cc1cccc(OCCCN(Cc2cccc(C(F)(F)F)c2Cl)C[C@H](c2ccccc2)C2CCCC2)c1.O=C(O)Cc1cccc(OCCCN(Cc2cccc(C(F)(F)F)c2Cl)C[C@H](c2ccccc2)C2CCCC2)c1. The number of halogens is 8. The first-order chi connectivity index (χ1) is 38.4. The Morgan fingerprint density at radius 3 is 1.23 bits per heavy atom. The van der Waals surface area contributed by atoms with Crippen LogP contribution < -0.4 is 9.47 Å². The number of nitrogens with zero attached hydrogens (tertiary/aromatic N) is 2. The molecule has 2 atom stereocenters. The van der Waals surface area contributed by atoms with Crippen LogP contribution in [0.2, 0.25) is 10.0 Å². The maximum atomic E-state index is 13.6.